The topological polar surface area (TPSA) is 9.72 Å². The summed E-state index contributed by atoms with van der Waals surface area (Å²) in [5.41, 5.74) is 6.81. The summed E-state index contributed by atoms with van der Waals surface area (Å²) in [4.78, 5) is 7.51. The van der Waals surface area contributed by atoms with Crippen LogP contribution in [-0.4, -0.2) is 59.5 Å². The maximum Gasteiger partial charge on any atom is 0.126 e. The van der Waals surface area contributed by atoms with Gasteiger partial charge in [0.2, 0.25) is 0 Å². The lowest BCUT2D eigenvalue weighted by atomic mass is 9.96. The summed E-state index contributed by atoms with van der Waals surface area (Å²) in [6, 6.07) is 6.47. The van der Waals surface area contributed by atoms with Gasteiger partial charge in [-0.1, -0.05) is 57.2 Å². The van der Waals surface area contributed by atoms with Gasteiger partial charge in [-0.05, 0) is 75.3 Å². The van der Waals surface area contributed by atoms with Crippen molar-refractivity contribution in [3.8, 4) is 12.3 Å². The van der Waals surface area contributed by atoms with Crippen LogP contribution in [0.2, 0.25) is 0 Å². The Morgan fingerprint density at radius 2 is 1.79 bits per heavy atom. The highest BCUT2D eigenvalue weighted by molar-refractivity contribution is 5.62. The van der Waals surface area contributed by atoms with Gasteiger partial charge in [0.15, 0.2) is 0 Å². The Labute approximate surface area is 231 Å². The van der Waals surface area contributed by atoms with E-state index in [4.69, 9.17) is 6.42 Å². The highest BCUT2D eigenvalue weighted by Gasteiger charge is 2.34. The number of piperidine rings is 1. The Balaban J connectivity index is 1.65. The lowest BCUT2D eigenvalue weighted by molar-refractivity contribution is 0.0322. The van der Waals surface area contributed by atoms with Crippen LogP contribution >= 0.6 is 0 Å². The van der Waals surface area contributed by atoms with Gasteiger partial charge in [0.05, 0.1) is 0 Å². The molecule has 4 heteroatoms. The van der Waals surface area contributed by atoms with Crippen molar-refractivity contribution in [3.05, 3.63) is 88.9 Å². The second kappa shape index (κ2) is 13.7. The third-order valence-corrected chi connectivity index (χ3v) is 8.22. The standard InChI is InChI=1S/C34H46FN3/c1-9-12-26(5)27(6)14-16-34(25(4)10-2)37-21-22-38(31(11-3)24-37)32-17-19-36(20-18-32)29(8)30-15-13-28(7)33(35)23-30/h2,12-16,23,31-32H,6,8-9,11,17-22,24H2,1,3-5,7H3/b16-14-,26-12+,34-25-. The summed E-state index contributed by atoms with van der Waals surface area (Å²) in [5.74, 6) is 2.71. The molecule has 2 saturated heterocycles. The molecule has 1 atom stereocenters. The number of piperazine rings is 1. The van der Waals surface area contributed by atoms with Gasteiger partial charge in [0, 0.05) is 67.3 Å². The van der Waals surface area contributed by atoms with E-state index in [9.17, 15) is 4.39 Å². The highest BCUT2D eigenvalue weighted by atomic mass is 19.1. The van der Waals surface area contributed by atoms with Crippen LogP contribution in [0.25, 0.3) is 5.70 Å². The van der Waals surface area contributed by atoms with Gasteiger partial charge < -0.3 is 9.80 Å². The van der Waals surface area contributed by atoms with Crippen molar-refractivity contribution < 1.29 is 4.39 Å². The van der Waals surface area contributed by atoms with Gasteiger partial charge in [-0.2, -0.15) is 0 Å². The minimum absolute atomic E-state index is 0.164. The molecule has 0 radical (unpaired) electrons. The molecule has 2 aliphatic heterocycles. The van der Waals surface area contributed by atoms with Crippen molar-refractivity contribution in [2.24, 2.45) is 0 Å². The first-order valence-corrected chi connectivity index (χ1v) is 14.1. The quantitative estimate of drug-likeness (QED) is 0.252. The molecule has 1 aromatic rings. The van der Waals surface area contributed by atoms with Crippen molar-refractivity contribution >= 4 is 5.70 Å². The Hall–Kier alpha value is -3.03. The first kappa shape index (κ1) is 29.5. The molecule has 2 fully saturated rings. The van der Waals surface area contributed by atoms with E-state index < -0.39 is 0 Å². The van der Waals surface area contributed by atoms with Crippen LogP contribution in [0, 0.1) is 25.1 Å². The number of hydrogen-bond acceptors (Lipinski definition) is 3. The van der Waals surface area contributed by atoms with Crippen molar-refractivity contribution in [2.45, 2.75) is 72.4 Å². The van der Waals surface area contributed by atoms with Gasteiger partial charge in [0.1, 0.15) is 5.82 Å². The molecule has 0 N–H and O–H groups in total. The third-order valence-electron chi connectivity index (χ3n) is 8.22. The molecule has 204 valence electrons. The van der Waals surface area contributed by atoms with Crippen LogP contribution in [0.3, 0.4) is 0 Å². The lowest BCUT2D eigenvalue weighted by Gasteiger charge is -2.48. The van der Waals surface area contributed by atoms with E-state index in [1.165, 1.54) is 5.57 Å². The van der Waals surface area contributed by atoms with Gasteiger partial charge in [-0.15, -0.1) is 6.42 Å². The fraction of sp³-hybridized carbons (Fsp3) is 0.471. The van der Waals surface area contributed by atoms with Gasteiger partial charge in [-0.25, -0.2) is 4.39 Å². The summed E-state index contributed by atoms with van der Waals surface area (Å²) in [7, 11) is 0. The van der Waals surface area contributed by atoms with E-state index in [1.54, 1.807) is 13.0 Å². The summed E-state index contributed by atoms with van der Waals surface area (Å²) in [6.07, 6.45) is 16.6. The molecule has 0 aliphatic carbocycles. The van der Waals surface area contributed by atoms with E-state index >= 15 is 0 Å². The molecular formula is C34H46FN3. The zero-order chi connectivity index (χ0) is 27.8. The molecule has 3 nitrogen and oxygen atoms in total. The second-order valence-corrected chi connectivity index (χ2v) is 10.7. The number of terminal acetylenes is 1. The molecule has 3 rings (SSSR count). The molecule has 0 bridgehead atoms. The number of nitrogens with zero attached hydrogens (tertiary/aromatic N) is 3. The van der Waals surface area contributed by atoms with E-state index in [0.29, 0.717) is 17.6 Å². The Morgan fingerprint density at radius 1 is 1.08 bits per heavy atom. The van der Waals surface area contributed by atoms with Gasteiger partial charge in [0.25, 0.3) is 0 Å². The normalized spacial score (nSPS) is 20.4. The maximum absolute atomic E-state index is 14.1. The van der Waals surface area contributed by atoms with E-state index in [1.807, 2.05) is 19.1 Å². The summed E-state index contributed by atoms with van der Waals surface area (Å²) < 4.78 is 14.1. The number of aryl methyl sites for hydroxylation is 1. The molecule has 0 aromatic heterocycles. The van der Waals surface area contributed by atoms with Crippen molar-refractivity contribution in [2.75, 3.05) is 32.7 Å². The van der Waals surface area contributed by atoms with E-state index in [-0.39, 0.29) is 5.82 Å². The number of allylic oxidation sites excluding steroid dienone is 6. The zero-order valence-electron chi connectivity index (χ0n) is 24.2. The lowest BCUT2D eigenvalue weighted by Crippen LogP contribution is -2.57. The van der Waals surface area contributed by atoms with Crippen LogP contribution in [0.5, 0.6) is 0 Å². The average Bonchev–Trinajstić information content (AvgIpc) is 2.94. The molecule has 0 saturated carbocycles. The van der Waals surface area contributed by atoms with Crippen molar-refractivity contribution in [3.63, 3.8) is 0 Å². The molecule has 1 unspecified atom stereocenters. The first-order valence-electron chi connectivity index (χ1n) is 14.1. The number of likely N-dealkylation sites (tertiary alicyclic amines) is 1. The van der Waals surface area contributed by atoms with Gasteiger partial charge >= 0.3 is 0 Å². The van der Waals surface area contributed by atoms with E-state index in [0.717, 1.165) is 86.5 Å². The number of halogens is 1. The van der Waals surface area contributed by atoms with Crippen LogP contribution < -0.4 is 0 Å². The number of hydrogen-bond donors (Lipinski definition) is 0. The van der Waals surface area contributed by atoms with E-state index in [2.05, 4.69) is 72.8 Å². The van der Waals surface area contributed by atoms with Crippen molar-refractivity contribution in [1.82, 2.24) is 14.7 Å². The van der Waals surface area contributed by atoms with Crippen LogP contribution in [0.1, 0.15) is 64.5 Å². The Morgan fingerprint density at radius 3 is 2.39 bits per heavy atom. The van der Waals surface area contributed by atoms with Crippen LogP contribution in [0.4, 0.5) is 4.39 Å². The smallest absolute Gasteiger partial charge is 0.126 e. The molecule has 1 aromatic carbocycles. The summed E-state index contributed by atoms with van der Waals surface area (Å²) >= 11 is 0. The molecular weight excluding hydrogens is 469 g/mol. The third kappa shape index (κ3) is 7.08. The summed E-state index contributed by atoms with van der Waals surface area (Å²) in [5, 5.41) is 0. The molecule has 38 heavy (non-hydrogen) atoms. The maximum atomic E-state index is 14.1. The predicted octanol–water partition coefficient (Wildman–Crippen LogP) is 7.34. The Bertz CT molecular complexity index is 1140. The predicted molar refractivity (Wildman–Crippen MR) is 161 cm³/mol. The van der Waals surface area contributed by atoms with Crippen LogP contribution in [-0.2, 0) is 0 Å². The van der Waals surface area contributed by atoms with Crippen LogP contribution in [0.15, 0.2) is 72.0 Å². The second-order valence-electron chi connectivity index (χ2n) is 10.7. The SMILES string of the molecule is C#C/C(C)=C(/C=C\C(=C)/C(C)=C/CC)N1CCN(C2CCN(C(=C)c3ccc(C)c(F)c3)CC2)C(CC)C1. The number of benzene rings is 1. The van der Waals surface area contributed by atoms with Crippen molar-refractivity contribution in [1.29, 1.82) is 0 Å². The minimum atomic E-state index is -0.164. The highest BCUT2D eigenvalue weighted by Crippen LogP contribution is 2.29. The fourth-order valence-electron chi connectivity index (χ4n) is 5.64. The summed E-state index contributed by atoms with van der Waals surface area (Å²) in [6.45, 7) is 23.8. The zero-order valence-corrected chi connectivity index (χ0v) is 24.2. The average molecular weight is 516 g/mol. The molecule has 2 heterocycles. The fourth-order valence-corrected chi connectivity index (χ4v) is 5.64. The molecule has 0 amide bonds. The largest absolute Gasteiger partial charge is 0.371 e. The first-order chi connectivity index (χ1) is 18.2. The Kier molecular flexibility index (Phi) is 10.6. The monoisotopic (exact) mass is 515 g/mol. The molecule has 0 spiro atoms. The van der Waals surface area contributed by atoms with Gasteiger partial charge in [-0.3, -0.25) is 4.90 Å². The molecule has 2 aliphatic rings. The number of rotatable bonds is 9. The minimum Gasteiger partial charge on any atom is -0.371 e.